The van der Waals surface area contributed by atoms with Gasteiger partial charge >= 0.3 is 0 Å². The van der Waals surface area contributed by atoms with Crippen molar-refractivity contribution in [1.82, 2.24) is 10.2 Å². The lowest BCUT2D eigenvalue weighted by Crippen LogP contribution is -2.45. The van der Waals surface area contributed by atoms with Crippen LogP contribution in [-0.2, 0) is 11.3 Å². The maximum atomic E-state index is 12.6. The van der Waals surface area contributed by atoms with Gasteiger partial charge in [0.15, 0.2) is 0 Å². The van der Waals surface area contributed by atoms with Crippen molar-refractivity contribution in [1.29, 1.82) is 0 Å². The number of halogens is 1. The van der Waals surface area contributed by atoms with Gasteiger partial charge in [-0.25, -0.2) is 0 Å². The van der Waals surface area contributed by atoms with E-state index in [0.29, 0.717) is 12.5 Å². The van der Waals surface area contributed by atoms with E-state index < -0.39 is 0 Å². The predicted octanol–water partition coefficient (Wildman–Crippen LogP) is 2.44. The second-order valence-electron chi connectivity index (χ2n) is 5.66. The molecular formula is C15H19ClN2O. The first-order valence-corrected chi connectivity index (χ1v) is 7.32. The van der Waals surface area contributed by atoms with Gasteiger partial charge < -0.3 is 10.2 Å². The van der Waals surface area contributed by atoms with Gasteiger partial charge in [-0.05, 0) is 43.5 Å². The Balaban J connectivity index is 1.70. The molecule has 0 aliphatic carbocycles. The smallest absolute Gasteiger partial charge is 0.230 e. The molecule has 3 rings (SSSR count). The van der Waals surface area contributed by atoms with E-state index in [1.807, 2.05) is 29.2 Å². The van der Waals surface area contributed by atoms with Crippen LogP contribution >= 0.6 is 11.6 Å². The molecule has 1 aromatic carbocycles. The summed E-state index contributed by atoms with van der Waals surface area (Å²) in [5.41, 5.74) is 1.03. The highest BCUT2D eigenvalue weighted by Gasteiger charge is 2.46. The predicted molar refractivity (Wildman–Crippen MR) is 76.0 cm³/mol. The first kappa shape index (κ1) is 12.9. The molecule has 0 radical (unpaired) electrons. The van der Waals surface area contributed by atoms with Crippen molar-refractivity contribution < 1.29 is 4.79 Å². The van der Waals surface area contributed by atoms with Crippen molar-refractivity contribution in [3.63, 3.8) is 0 Å². The average molecular weight is 279 g/mol. The summed E-state index contributed by atoms with van der Waals surface area (Å²) in [5.74, 6) is 0.328. The van der Waals surface area contributed by atoms with E-state index in [-0.39, 0.29) is 5.41 Å². The van der Waals surface area contributed by atoms with Crippen molar-refractivity contribution in [2.24, 2.45) is 5.41 Å². The maximum absolute atomic E-state index is 12.6. The number of benzene rings is 1. The molecule has 0 unspecified atom stereocenters. The highest BCUT2D eigenvalue weighted by molar-refractivity contribution is 6.30. The number of nitrogens with zero attached hydrogens (tertiary/aromatic N) is 1. The number of carbonyl (C=O) groups is 1. The van der Waals surface area contributed by atoms with Crippen molar-refractivity contribution in [3.8, 4) is 0 Å². The molecule has 4 heteroatoms. The molecule has 0 bridgehead atoms. The highest BCUT2D eigenvalue weighted by atomic mass is 35.5. The number of hydrogen-bond donors (Lipinski definition) is 1. The third-order valence-corrected chi connectivity index (χ3v) is 4.61. The molecule has 102 valence electrons. The quantitative estimate of drug-likeness (QED) is 0.901. The van der Waals surface area contributed by atoms with Crippen molar-refractivity contribution in [2.45, 2.75) is 25.8 Å². The van der Waals surface area contributed by atoms with Gasteiger partial charge in [-0.15, -0.1) is 0 Å². The molecule has 19 heavy (non-hydrogen) atoms. The zero-order valence-electron chi connectivity index (χ0n) is 11.0. The Morgan fingerprint density at radius 2 is 2.05 bits per heavy atom. The Labute approximate surface area is 118 Å². The summed E-state index contributed by atoms with van der Waals surface area (Å²) >= 11 is 5.88. The minimum atomic E-state index is -0.120. The minimum Gasteiger partial charge on any atom is -0.338 e. The normalized spacial score (nSPS) is 27.2. The fourth-order valence-electron chi connectivity index (χ4n) is 3.22. The number of piperidine rings is 1. The Bertz CT molecular complexity index is 466. The van der Waals surface area contributed by atoms with Crippen LogP contribution in [0.3, 0.4) is 0 Å². The maximum Gasteiger partial charge on any atom is 0.230 e. The fraction of sp³-hybridized carbons (Fsp3) is 0.533. The van der Waals surface area contributed by atoms with Crippen LogP contribution in [0.15, 0.2) is 24.3 Å². The van der Waals surface area contributed by atoms with E-state index in [1.54, 1.807) is 0 Å². The first-order valence-electron chi connectivity index (χ1n) is 6.94. The minimum absolute atomic E-state index is 0.120. The second-order valence-corrected chi connectivity index (χ2v) is 6.10. The van der Waals surface area contributed by atoms with E-state index in [4.69, 9.17) is 11.6 Å². The van der Waals surface area contributed by atoms with E-state index in [9.17, 15) is 4.79 Å². The summed E-state index contributed by atoms with van der Waals surface area (Å²) in [4.78, 5) is 14.6. The molecule has 0 saturated carbocycles. The van der Waals surface area contributed by atoms with Crippen LogP contribution in [0.1, 0.15) is 24.8 Å². The number of carbonyl (C=O) groups excluding carboxylic acids is 1. The Morgan fingerprint density at radius 3 is 2.74 bits per heavy atom. The standard InChI is InChI=1S/C15H19ClN2O/c16-13-4-2-12(3-5-13)10-18-9-7-15(14(18)19)6-1-8-17-11-15/h2-5,17H,1,6-11H2/t15-/m1/s1. The van der Waals surface area contributed by atoms with Crippen LogP contribution in [-0.4, -0.2) is 30.4 Å². The van der Waals surface area contributed by atoms with Crippen LogP contribution in [0.4, 0.5) is 0 Å². The molecular weight excluding hydrogens is 260 g/mol. The van der Waals surface area contributed by atoms with E-state index in [2.05, 4.69) is 5.32 Å². The zero-order valence-corrected chi connectivity index (χ0v) is 11.7. The number of nitrogens with one attached hydrogen (secondary N) is 1. The molecule has 2 fully saturated rings. The summed E-state index contributed by atoms with van der Waals surface area (Å²) in [6.07, 6.45) is 3.14. The molecule has 2 heterocycles. The molecule has 1 spiro atoms. The summed E-state index contributed by atoms with van der Waals surface area (Å²) in [6, 6.07) is 7.77. The monoisotopic (exact) mass is 278 g/mol. The largest absolute Gasteiger partial charge is 0.338 e. The average Bonchev–Trinajstić information content (AvgIpc) is 2.72. The summed E-state index contributed by atoms with van der Waals surface area (Å²) in [6.45, 7) is 3.48. The van der Waals surface area contributed by atoms with Crippen molar-refractivity contribution >= 4 is 17.5 Å². The van der Waals surface area contributed by atoms with E-state index in [0.717, 1.165) is 49.5 Å². The zero-order chi connectivity index (χ0) is 13.3. The van der Waals surface area contributed by atoms with Crippen LogP contribution in [0.2, 0.25) is 5.02 Å². The first-order chi connectivity index (χ1) is 9.20. The van der Waals surface area contributed by atoms with Gasteiger partial charge in [0.1, 0.15) is 0 Å². The van der Waals surface area contributed by atoms with Gasteiger partial charge in [-0.1, -0.05) is 23.7 Å². The molecule has 1 amide bonds. The van der Waals surface area contributed by atoms with E-state index >= 15 is 0 Å². The molecule has 1 aromatic rings. The lowest BCUT2D eigenvalue weighted by atomic mass is 9.79. The van der Waals surface area contributed by atoms with Gasteiger partial charge in [-0.2, -0.15) is 0 Å². The van der Waals surface area contributed by atoms with Crippen LogP contribution < -0.4 is 5.32 Å². The molecule has 3 nitrogen and oxygen atoms in total. The molecule has 0 aromatic heterocycles. The lowest BCUT2D eigenvalue weighted by molar-refractivity contribution is -0.137. The van der Waals surface area contributed by atoms with Crippen molar-refractivity contribution in [3.05, 3.63) is 34.9 Å². The third kappa shape index (κ3) is 2.49. The Hall–Kier alpha value is -1.06. The molecule has 2 aliphatic heterocycles. The highest BCUT2D eigenvalue weighted by Crippen LogP contribution is 2.38. The number of rotatable bonds is 2. The topological polar surface area (TPSA) is 32.3 Å². The SMILES string of the molecule is O=C1N(Cc2ccc(Cl)cc2)CC[C@@]12CCCNC2. The van der Waals surface area contributed by atoms with Gasteiger partial charge in [-0.3, -0.25) is 4.79 Å². The van der Waals surface area contributed by atoms with Crippen LogP contribution in [0.25, 0.3) is 0 Å². The summed E-state index contributed by atoms with van der Waals surface area (Å²) in [5, 5.41) is 4.12. The summed E-state index contributed by atoms with van der Waals surface area (Å²) in [7, 11) is 0. The second kappa shape index (κ2) is 5.14. The van der Waals surface area contributed by atoms with Crippen LogP contribution in [0.5, 0.6) is 0 Å². The van der Waals surface area contributed by atoms with Gasteiger partial charge in [0.2, 0.25) is 5.91 Å². The number of amides is 1. The van der Waals surface area contributed by atoms with Gasteiger partial charge in [0.05, 0.1) is 5.41 Å². The molecule has 2 saturated heterocycles. The van der Waals surface area contributed by atoms with E-state index in [1.165, 1.54) is 0 Å². The molecule has 1 N–H and O–H groups in total. The molecule has 1 atom stereocenters. The van der Waals surface area contributed by atoms with Gasteiger partial charge in [0.25, 0.3) is 0 Å². The third-order valence-electron chi connectivity index (χ3n) is 4.36. The molecule has 2 aliphatic rings. The Morgan fingerprint density at radius 1 is 1.26 bits per heavy atom. The number of hydrogen-bond acceptors (Lipinski definition) is 2. The van der Waals surface area contributed by atoms with Gasteiger partial charge in [0, 0.05) is 24.7 Å². The van der Waals surface area contributed by atoms with Crippen molar-refractivity contribution in [2.75, 3.05) is 19.6 Å². The Kier molecular flexibility index (Phi) is 3.50. The number of likely N-dealkylation sites (tertiary alicyclic amines) is 1. The fourth-order valence-corrected chi connectivity index (χ4v) is 3.34. The lowest BCUT2D eigenvalue weighted by Gasteiger charge is -2.32. The summed E-state index contributed by atoms with van der Waals surface area (Å²) < 4.78 is 0. The van der Waals surface area contributed by atoms with Crippen LogP contribution in [0, 0.1) is 5.41 Å².